The lowest BCUT2D eigenvalue weighted by molar-refractivity contribution is -0.275. The highest BCUT2D eigenvalue weighted by Crippen LogP contribution is 2.46. The third-order valence-electron chi connectivity index (χ3n) is 7.48. The molecule has 0 radical (unpaired) electrons. The molecule has 1 aliphatic rings. The van der Waals surface area contributed by atoms with Gasteiger partial charge in [0.05, 0.1) is 11.0 Å². The standard InChI is InChI=1S/C32H32F6N4O4/c1-19-14-22(17-30(2,3)16-19)42-27-13-12-25(44-18-28(43)39-20-4-8-23(9-5-20)45-31(33,34)35)15-26(27)41-29(42)40-21-6-10-24(11-7-21)46-32(36,37)38/h4-13,15,19,22H,14,16-18H2,1-3H3,(H,39,43)(H,40,41). The lowest BCUT2D eigenvalue weighted by Gasteiger charge is -2.40. The average Bonchev–Trinajstić information content (AvgIpc) is 3.28. The molecule has 2 atom stereocenters. The number of amides is 1. The number of hydrogen-bond acceptors (Lipinski definition) is 6. The number of carbonyl (C=O) groups is 1. The summed E-state index contributed by atoms with van der Waals surface area (Å²) < 4.78 is 90.6. The van der Waals surface area contributed by atoms with Crippen LogP contribution in [-0.4, -0.2) is 34.8 Å². The van der Waals surface area contributed by atoms with E-state index in [2.05, 4.69) is 45.4 Å². The number of aromatic nitrogens is 2. The second kappa shape index (κ2) is 12.6. The molecule has 4 aromatic rings. The van der Waals surface area contributed by atoms with Crippen molar-refractivity contribution in [2.45, 2.75) is 58.8 Å². The van der Waals surface area contributed by atoms with Gasteiger partial charge in [-0.05, 0) is 91.3 Å². The van der Waals surface area contributed by atoms with E-state index < -0.39 is 24.4 Å². The molecule has 46 heavy (non-hydrogen) atoms. The Bertz CT molecular complexity index is 1670. The third-order valence-corrected chi connectivity index (χ3v) is 7.48. The van der Waals surface area contributed by atoms with Gasteiger partial charge < -0.3 is 29.4 Å². The average molecular weight is 651 g/mol. The van der Waals surface area contributed by atoms with Crippen molar-refractivity contribution in [3.8, 4) is 17.2 Å². The van der Waals surface area contributed by atoms with E-state index in [9.17, 15) is 31.1 Å². The number of imidazole rings is 1. The van der Waals surface area contributed by atoms with E-state index >= 15 is 0 Å². The number of hydrogen-bond donors (Lipinski definition) is 2. The van der Waals surface area contributed by atoms with Crippen molar-refractivity contribution in [1.29, 1.82) is 0 Å². The monoisotopic (exact) mass is 650 g/mol. The summed E-state index contributed by atoms with van der Waals surface area (Å²) in [6, 6.07) is 15.4. The second-order valence-corrected chi connectivity index (χ2v) is 12.1. The minimum Gasteiger partial charge on any atom is -0.484 e. The van der Waals surface area contributed by atoms with E-state index in [0.717, 1.165) is 36.9 Å². The molecule has 1 aromatic heterocycles. The van der Waals surface area contributed by atoms with Crippen molar-refractivity contribution in [3.63, 3.8) is 0 Å². The first kappa shape index (κ1) is 32.8. The van der Waals surface area contributed by atoms with Crippen molar-refractivity contribution in [3.05, 3.63) is 66.7 Å². The lowest BCUT2D eigenvalue weighted by atomic mass is 9.70. The van der Waals surface area contributed by atoms with E-state index in [0.29, 0.717) is 28.8 Å². The summed E-state index contributed by atoms with van der Waals surface area (Å²) >= 11 is 0. The molecule has 2 N–H and O–H groups in total. The molecule has 8 nitrogen and oxygen atoms in total. The highest BCUT2D eigenvalue weighted by Gasteiger charge is 2.35. The Labute approximate surface area is 260 Å². The number of alkyl halides is 6. The maximum atomic E-state index is 12.6. The molecule has 1 heterocycles. The summed E-state index contributed by atoms with van der Waals surface area (Å²) in [5.41, 5.74) is 2.24. The maximum Gasteiger partial charge on any atom is 0.573 e. The number of carbonyl (C=O) groups excluding carboxylic acids is 1. The third kappa shape index (κ3) is 8.76. The van der Waals surface area contributed by atoms with Gasteiger partial charge in [-0.15, -0.1) is 26.3 Å². The van der Waals surface area contributed by atoms with Gasteiger partial charge in [-0.25, -0.2) is 4.98 Å². The number of anilines is 3. The topological polar surface area (TPSA) is 86.6 Å². The molecular weight excluding hydrogens is 618 g/mol. The van der Waals surface area contributed by atoms with Crippen LogP contribution in [0.5, 0.6) is 17.2 Å². The zero-order chi connectivity index (χ0) is 33.3. The lowest BCUT2D eigenvalue weighted by Crippen LogP contribution is -2.29. The summed E-state index contributed by atoms with van der Waals surface area (Å²) in [6.45, 7) is 6.28. The zero-order valence-electron chi connectivity index (χ0n) is 25.1. The largest absolute Gasteiger partial charge is 0.573 e. The van der Waals surface area contributed by atoms with Gasteiger partial charge >= 0.3 is 12.7 Å². The second-order valence-electron chi connectivity index (χ2n) is 12.1. The Morgan fingerprint density at radius 1 is 0.870 bits per heavy atom. The molecule has 0 bridgehead atoms. The van der Waals surface area contributed by atoms with Crippen molar-refractivity contribution in [1.82, 2.24) is 9.55 Å². The molecule has 0 aliphatic heterocycles. The Hall–Kier alpha value is -4.62. The molecule has 0 spiro atoms. The Morgan fingerprint density at radius 2 is 1.43 bits per heavy atom. The summed E-state index contributed by atoms with van der Waals surface area (Å²) in [4.78, 5) is 17.3. The molecule has 0 saturated heterocycles. The molecule has 246 valence electrons. The van der Waals surface area contributed by atoms with Crippen LogP contribution in [0.3, 0.4) is 0 Å². The number of nitrogens with one attached hydrogen (secondary N) is 2. The van der Waals surface area contributed by atoms with E-state index in [1.807, 2.05) is 6.07 Å². The molecule has 1 amide bonds. The molecule has 14 heteroatoms. The first-order valence-corrected chi connectivity index (χ1v) is 14.5. The van der Waals surface area contributed by atoms with E-state index in [-0.39, 0.29) is 29.5 Å². The number of rotatable bonds is 9. The number of halogens is 6. The van der Waals surface area contributed by atoms with Crippen molar-refractivity contribution >= 4 is 34.3 Å². The van der Waals surface area contributed by atoms with Gasteiger partial charge in [0, 0.05) is 23.5 Å². The number of fused-ring (bicyclic) bond motifs is 1. The van der Waals surface area contributed by atoms with Gasteiger partial charge in [0.2, 0.25) is 5.95 Å². The smallest absolute Gasteiger partial charge is 0.484 e. The molecule has 3 aromatic carbocycles. The van der Waals surface area contributed by atoms with Gasteiger partial charge in [-0.3, -0.25) is 4.79 Å². The van der Waals surface area contributed by atoms with Crippen LogP contribution >= 0.6 is 0 Å². The number of ether oxygens (including phenoxy) is 3. The molecule has 1 fully saturated rings. The highest BCUT2D eigenvalue weighted by molar-refractivity contribution is 5.92. The van der Waals surface area contributed by atoms with Crippen LogP contribution < -0.4 is 24.8 Å². The molecule has 1 saturated carbocycles. The van der Waals surface area contributed by atoms with Crippen LogP contribution in [0, 0.1) is 11.3 Å². The summed E-state index contributed by atoms with van der Waals surface area (Å²) in [6.07, 6.45) is -6.75. The van der Waals surface area contributed by atoms with Gasteiger partial charge in [0.25, 0.3) is 5.91 Å². The summed E-state index contributed by atoms with van der Waals surface area (Å²) in [5, 5.41) is 5.79. The quantitative estimate of drug-likeness (QED) is 0.176. The summed E-state index contributed by atoms with van der Waals surface area (Å²) in [7, 11) is 0. The minimum atomic E-state index is -4.82. The Balaban J connectivity index is 1.34. The first-order chi connectivity index (χ1) is 21.5. The van der Waals surface area contributed by atoms with Crippen molar-refractivity contribution in [2.75, 3.05) is 17.2 Å². The van der Waals surface area contributed by atoms with E-state index in [1.54, 1.807) is 12.1 Å². The predicted molar refractivity (Wildman–Crippen MR) is 159 cm³/mol. The molecular formula is C32H32F6N4O4. The van der Waals surface area contributed by atoms with Crippen molar-refractivity contribution < 1.29 is 45.3 Å². The Kier molecular flexibility index (Phi) is 9.00. The predicted octanol–water partition coefficient (Wildman–Crippen LogP) is 8.98. The van der Waals surface area contributed by atoms with Gasteiger partial charge in [-0.1, -0.05) is 20.8 Å². The van der Waals surface area contributed by atoms with Crippen LogP contribution in [-0.2, 0) is 4.79 Å². The van der Waals surface area contributed by atoms with Crippen LogP contribution in [0.25, 0.3) is 11.0 Å². The molecule has 1 aliphatic carbocycles. The Morgan fingerprint density at radius 3 is 2.00 bits per heavy atom. The zero-order valence-corrected chi connectivity index (χ0v) is 25.1. The van der Waals surface area contributed by atoms with Crippen LogP contribution in [0.15, 0.2) is 66.7 Å². The SMILES string of the molecule is CC1CC(n2c(Nc3ccc(OC(F)(F)F)cc3)nc3cc(OCC(=O)Nc4ccc(OC(F)(F)F)cc4)ccc32)CC(C)(C)C1. The van der Waals surface area contributed by atoms with E-state index in [4.69, 9.17) is 9.72 Å². The maximum absolute atomic E-state index is 12.6. The van der Waals surface area contributed by atoms with Crippen LogP contribution in [0.2, 0.25) is 0 Å². The summed E-state index contributed by atoms with van der Waals surface area (Å²) in [5.74, 6) is 0.0250. The molecule has 2 unspecified atom stereocenters. The van der Waals surface area contributed by atoms with E-state index in [1.165, 1.54) is 36.4 Å². The highest BCUT2D eigenvalue weighted by atomic mass is 19.4. The fourth-order valence-corrected chi connectivity index (χ4v) is 6.07. The fraction of sp³-hybridized carbons (Fsp3) is 0.375. The molecule has 5 rings (SSSR count). The minimum absolute atomic E-state index is 0.0782. The fourth-order valence-electron chi connectivity index (χ4n) is 6.07. The van der Waals surface area contributed by atoms with Gasteiger partial charge in [0.15, 0.2) is 6.61 Å². The number of nitrogens with zero attached hydrogens (tertiary/aromatic N) is 2. The normalized spacial score (nSPS) is 18.2. The van der Waals surface area contributed by atoms with Gasteiger partial charge in [-0.2, -0.15) is 0 Å². The van der Waals surface area contributed by atoms with Crippen molar-refractivity contribution in [2.24, 2.45) is 11.3 Å². The number of benzene rings is 3. The van der Waals surface area contributed by atoms with Gasteiger partial charge in [0.1, 0.15) is 17.2 Å². The first-order valence-electron chi connectivity index (χ1n) is 14.5. The van der Waals surface area contributed by atoms with Crippen LogP contribution in [0.4, 0.5) is 43.7 Å². The van der Waals surface area contributed by atoms with Crippen LogP contribution in [0.1, 0.15) is 46.1 Å².